The molecular formula is C20H14N2O8. The van der Waals surface area contributed by atoms with Crippen LogP contribution >= 0.6 is 0 Å². The van der Waals surface area contributed by atoms with Crippen molar-refractivity contribution in [2.45, 2.75) is 0 Å². The topological polar surface area (TPSA) is 129 Å². The van der Waals surface area contributed by atoms with Crippen LogP contribution in [0.1, 0.15) is 10.6 Å². The number of ketones is 1. The molecule has 0 atom stereocenters. The van der Waals surface area contributed by atoms with Gasteiger partial charge in [-0.3, -0.25) is 29.4 Å². The van der Waals surface area contributed by atoms with Crippen LogP contribution in [0.3, 0.4) is 0 Å². The van der Waals surface area contributed by atoms with Crippen molar-refractivity contribution in [2.75, 3.05) is 24.7 Å². The van der Waals surface area contributed by atoms with E-state index in [2.05, 4.69) is 0 Å². The Bertz CT molecular complexity index is 1150. The molecule has 0 spiro atoms. The van der Waals surface area contributed by atoms with Crippen molar-refractivity contribution < 1.29 is 33.2 Å². The summed E-state index contributed by atoms with van der Waals surface area (Å²) in [6, 6.07) is 12.3. The van der Waals surface area contributed by atoms with Crippen molar-refractivity contribution in [3.05, 3.63) is 64.4 Å². The van der Waals surface area contributed by atoms with Crippen molar-refractivity contribution in [3.8, 4) is 5.75 Å². The average molecular weight is 410 g/mol. The highest BCUT2D eigenvalue weighted by atomic mass is 16.6. The Hall–Kier alpha value is -4.21. The molecule has 1 aromatic heterocycles. The molecule has 2 heterocycles. The molecule has 3 aromatic rings. The highest BCUT2D eigenvalue weighted by Crippen LogP contribution is 2.35. The number of rotatable bonds is 6. The number of carbonyl (C=O) groups is 3. The first kappa shape index (κ1) is 19.1. The van der Waals surface area contributed by atoms with Gasteiger partial charge in [-0.15, -0.1) is 0 Å². The van der Waals surface area contributed by atoms with Crippen LogP contribution in [0.5, 0.6) is 5.75 Å². The Morgan fingerprint density at radius 2 is 1.97 bits per heavy atom. The van der Waals surface area contributed by atoms with Crippen LogP contribution in [0, 0.1) is 10.1 Å². The summed E-state index contributed by atoms with van der Waals surface area (Å²) in [7, 11) is 0. The van der Waals surface area contributed by atoms with Crippen LogP contribution < -0.4 is 9.64 Å². The van der Waals surface area contributed by atoms with Crippen LogP contribution in [0.25, 0.3) is 11.0 Å². The fourth-order valence-corrected chi connectivity index (χ4v) is 2.99. The standard InChI is InChI=1S/C20H14N2O8/c23-15(18-7-12-3-1-2-4-16(12)30-18)10-29-20(25)9-21-14-8-13(22(26)27)5-6-17(14)28-11-19(21)24/h1-8H,9-11H2. The summed E-state index contributed by atoms with van der Waals surface area (Å²) in [5.74, 6) is -1.68. The normalized spacial score (nSPS) is 12.9. The van der Waals surface area contributed by atoms with Crippen LogP contribution in [-0.2, 0) is 14.3 Å². The van der Waals surface area contributed by atoms with Gasteiger partial charge in [-0.1, -0.05) is 18.2 Å². The van der Waals surface area contributed by atoms with E-state index in [9.17, 15) is 24.5 Å². The van der Waals surface area contributed by atoms with Gasteiger partial charge in [0.1, 0.15) is 17.9 Å². The maximum Gasteiger partial charge on any atom is 0.326 e. The second-order valence-corrected chi connectivity index (χ2v) is 6.41. The van der Waals surface area contributed by atoms with Crippen molar-refractivity contribution in [1.82, 2.24) is 0 Å². The van der Waals surface area contributed by atoms with Gasteiger partial charge in [0.05, 0.1) is 10.6 Å². The molecule has 2 aromatic carbocycles. The molecule has 10 nitrogen and oxygen atoms in total. The van der Waals surface area contributed by atoms with E-state index in [1.54, 1.807) is 30.3 Å². The lowest BCUT2D eigenvalue weighted by molar-refractivity contribution is -0.384. The minimum absolute atomic E-state index is 0.0485. The number of anilines is 1. The first-order valence-corrected chi connectivity index (χ1v) is 8.81. The van der Waals surface area contributed by atoms with Gasteiger partial charge in [-0.2, -0.15) is 0 Å². The van der Waals surface area contributed by atoms with E-state index in [0.29, 0.717) is 5.58 Å². The van der Waals surface area contributed by atoms with E-state index >= 15 is 0 Å². The van der Waals surface area contributed by atoms with E-state index in [0.717, 1.165) is 16.4 Å². The van der Waals surface area contributed by atoms with Gasteiger partial charge < -0.3 is 13.9 Å². The predicted octanol–water partition coefficient (Wildman–Crippen LogP) is 2.49. The van der Waals surface area contributed by atoms with E-state index in [4.69, 9.17) is 13.9 Å². The number of para-hydroxylation sites is 1. The third-order valence-electron chi connectivity index (χ3n) is 4.45. The van der Waals surface area contributed by atoms with Crippen molar-refractivity contribution in [3.63, 3.8) is 0 Å². The number of carbonyl (C=O) groups excluding carboxylic acids is 3. The smallest absolute Gasteiger partial charge is 0.326 e. The number of furan rings is 1. The molecule has 1 aliphatic heterocycles. The summed E-state index contributed by atoms with van der Waals surface area (Å²) in [6.07, 6.45) is 0. The van der Waals surface area contributed by atoms with E-state index in [1.807, 2.05) is 0 Å². The van der Waals surface area contributed by atoms with Gasteiger partial charge in [0.15, 0.2) is 19.0 Å². The van der Waals surface area contributed by atoms with E-state index < -0.39 is 35.7 Å². The molecule has 1 aliphatic rings. The fraction of sp³-hybridized carbons (Fsp3) is 0.150. The second kappa shape index (κ2) is 7.66. The molecule has 30 heavy (non-hydrogen) atoms. The quantitative estimate of drug-likeness (QED) is 0.262. The number of Topliss-reactive ketones (excluding diaryl/α,β-unsaturated/α-hetero) is 1. The van der Waals surface area contributed by atoms with Crippen molar-refractivity contribution in [1.29, 1.82) is 0 Å². The first-order valence-electron chi connectivity index (χ1n) is 8.81. The number of benzene rings is 2. The van der Waals surface area contributed by atoms with Crippen LogP contribution in [0.15, 0.2) is 52.9 Å². The lowest BCUT2D eigenvalue weighted by atomic mass is 10.2. The Kier molecular flexibility index (Phi) is 4.88. The summed E-state index contributed by atoms with van der Waals surface area (Å²) >= 11 is 0. The Morgan fingerprint density at radius 3 is 2.73 bits per heavy atom. The molecule has 0 saturated heterocycles. The number of hydrogen-bond acceptors (Lipinski definition) is 8. The molecule has 0 radical (unpaired) electrons. The van der Waals surface area contributed by atoms with Crippen LogP contribution in [-0.4, -0.2) is 42.3 Å². The molecule has 0 fully saturated rings. The molecule has 1 amide bonds. The lowest BCUT2D eigenvalue weighted by Crippen LogP contribution is -2.42. The predicted molar refractivity (Wildman–Crippen MR) is 102 cm³/mol. The Balaban J connectivity index is 1.43. The minimum Gasteiger partial charge on any atom is -0.482 e. The molecule has 0 N–H and O–H groups in total. The SMILES string of the molecule is O=C(CN1C(=O)COc2ccc([N+](=O)[O-])cc21)OCC(=O)c1cc2ccccc2o1. The van der Waals surface area contributed by atoms with Crippen molar-refractivity contribution >= 4 is 40.0 Å². The van der Waals surface area contributed by atoms with Crippen LogP contribution in [0.2, 0.25) is 0 Å². The molecule has 4 rings (SSSR count). The Morgan fingerprint density at radius 1 is 1.17 bits per heavy atom. The van der Waals surface area contributed by atoms with Gasteiger partial charge in [-0.25, -0.2) is 0 Å². The van der Waals surface area contributed by atoms with Gasteiger partial charge in [0, 0.05) is 17.5 Å². The lowest BCUT2D eigenvalue weighted by Gasteiger charge is -2.28. The van der Waals surface area contributed by atoms with E-state index in [-0.39, 0.29) is 29.5 Å². The van der Waals surface area contributed by atoms with E-state index in [1.165, 1.54) is 12.1 Å². The number of nitro benzene ring substituents is 1. The first-order chi connectivity index (χ1) is 14.4. The number of hydrogen-bond donors (Lipinski definition) is 0. The molecular weight excluding hydrogens is 396 g/mol. The maximum absolute atomic E-state index is 12.2. The molecule has 0 aliphatic carbocycles. The minimum atomic E-state index is -0.854. The molecule has 0 bridgehead atoms. The molecule has 152 valence electrons. The largest absolute Gasteiger partial charge is 0.482 e. The highest BCUT2D eigenvalue weighted by Gasteiger charge is 2.30. The fourth-order valence-electron chi connectivity index (χ4n) is 2.99. The highest BCUT2D eigenvalue weighted by molar-refractivity contribution is 6.02. The molecule has 10 heteroatoms. The van der Waals surface area contributed by atoms with Crippen molar-refractivity contribution in [2.24, 2.45) is 0 Å². The zero-order valence-corrected chi connectivity index (χ0v) is 15.4. The number of amides is 1. The number of fused-ring (bicyclic) bond motifs is 2. The number of esters is 1. The number of ether oxygens (including phenoxy) is 2. The summed E-state index contributed by atoms with van der Waals surface area (Å²) in [5.41, 5.74) is 0.357. The number of non-ortho nitro benzene ring substituents is 1. The third kappa shape index (κ3) is 3.70. The third-order valence-corrected chi connectivity index (χ3v) is 4.45. The maximum atomic E-state index is 12.2. The van der Waals surface area contributed by atoms with Gasteiger partial charge >= 0.3 is 5.97 Å². The average Bonchev–Trinajstić information content (AvgIpc) is 3.18. The summed E-state index contributed by atoms with van der Waals surface area (Å²) in [6.45, 7) is -1.42. The zero-order valence-electron chi connectivity index (χ0n) is 15.4. The van der Waals surface area contributed by atoms with Crippen LogP contribution in [0.4, 0.5) is 11.4 Å². The molecule has 0 saturated carbocycles. The summed E-state index contributed by atoms with van der Waals surface area (Å²) in [5, 5.41) is 11.7. The Labute approximate surface area is 168 Å². The second-order valence-electron chi connectivity index (χ2n) is 6.41. The number of nitro groups is 1. The number of nitrogens with zero attached hydrogens (tertiary/aromatic N) is 2. The molecule has 0 unspecified atom stereocenters. The summed E-state index contributed by atoms with van der Waals surface area (Å²) < 4.78 is 15.6. The monoisotopic (exact) mass is 410 g/mol. The van der Waals surface area contributed by atoms with Gasteiger partial charge in [0.25, 0.3) is 11.6 Å². The van der Waals surface area contributed by atoms with Gasteiger partial charge in [0.2, 0.25) is 5.78 Å². The summed E-state index contributed by atoms with van der Waals surface area (Å²) in [4.78, 5) is 48.0. The zero-order chi connectivity index (χ0) is 21.3. The van der Waals surface area contributed by atoms with Gasteiger partial charge in [-0.05, 0) is 18.2 Å².